The number of carbonyl (C=O) groups is 6. The smallest absolute Gasteiger partial charge is 0.244 e. The Hall–Kier alpha value is -5.59. The van der Waals surface area contributed by atoms with Gasteiger partial charge in [-0.3, -0.25) is 33.8 Å². The number of primary amides is 1. The van der Waals surface area contributed by atoms with Crippen molar-refractivity contribution in [3.05, 3.63) is 105 Å². The van der Waals surface area contributed by atoms with Crippen LogP contribution in [0.4, 0.5) is 0 Å². The van der Waals surface area contributed by atoms with Crippen molar-refractivity contribution in [2.75, 3.05) is 12.3 Å². The highest BCUT2D eigenvalue weighted by molar-refractivity contribution is 9.10. The molecule has 3 aromatic carbocycles. The fourth-order valence-corrected chi connectivity index (χ4v) is 7.03. The highest BCUT2D eigenvalue weighted by Gasteiger charge is 2.31. The molecule has 16 nitrogen and oxygen atoms in total. The van der Waals surface area contributed by atoms with E-state index in [1.807, 2.05) is 30.3 Å². The lowest BCUT2D eigenvalue weighted by molar-refractivity contribution is -0.134. The molecule has 0 saturated heterocycles. The van der Waals surface area contributed by atoms with Crippen molar-refractivity contribution >= 4 is 92.5 Å². The second-order valence-electron chi connectivity index (χ2n) is 13.8. The van der Waals surface area contributed by atoms with Gasteiger partial charge < -0.3 is 48.8 Å². The summed E-state index contributed by atoms with van der Waals surface area (Å²) in [5.41, 5.74) is 19.4. The number of halogens is 2. The summed E-state index contributed by atoms with van der Waals surface area (Å²) in [6, 6.07) is 15.4. The van der Waals surface area contributed by atoms with Gasteiger partial charge in [0.05, 0.1) is 6.42 Å². The van der Waals surface area contributed by atoms with Crippen molar-refractivity contribution in [3.63, 3.8) is 0 Å². The molecule has 0 aliphatic rings. The van der Waals surface area contributed by atoms with Gasteiger partial charge in [0.1, 0.15) is 30.2 Å². The molecule has 1 aromatic heterocycles. The molecule has 19 heteroatoms. The number of fused-ring (bicyclic) bond motifs is 1. The number of hydrogen-bond donors (Lipinski definition) is 10. The van der Waals surface area contributed by atoms with E-state index in [1.54, 1.807) is 48.7 Å². The Balaban J connectivity index is 1.45. The number of benzene rings is 3. The summed E-state index contributed by atoms with van der Waals surface area (Å²) in [7, 11) is 0. The van der Waals surface area contributed by atoms with Gasteiger partial charge in [-0.15, -0.1) is 0 Å². The van der Waals surface area contributed by atoms with E-state index in [0.717, 1.165) is 20.9 Å². The van der Waals surface area contributed by atoms with Gasteiger partial charge in [-0.2, -0.15) is 12.6 Å². The van der Waals surface area contributed by atoms with Gasteiger partial charge in [-0.1, -0.05) is 70.0 Å². The van der Waals surface area contributed by atoms with E-state index in [9.17, 15) is 28.8 Å². The van der Waals surface area contributed by atoms with E-state index in [2.05, 4.69) is 65.1 Å². The molecule has 0 unspecified atom stereocenters. The van der Waals surface area contributed by atoms with Gasteiger partial charge in [-0.25, -0.2) is 0 Å². The lowest BCUT2D eigenvalue weighted by atomic mass is 10.0. The van der Waals surface area contributed by atoms with E-state index < -0.39 is 65.7 Å². The molecule has 5 atom stereocenters. The van der Waals surface area contributed by atoms with E-state index in [0.29, 0.717) is 22.6 Å². The highest BCUT2D eigenvalue weighted by Crippen LogP contribution is 2.19. The zero-order chi connectivity index (χ0) is 43.1. The maximum Gasteiger partial charge on any atom is 0.244 e. The molecular weight excluding hydrogens is 864 g/mol. The van der Waals surface area contributed by atoms with Crippen molar-refractivity contribution in [1.82, 2.24) is 31.6 Å². The number of guanidine groups is 1. The van der Waals surface area contributed by atoms with Crippen molar-refractivity contribution < 1.29 is 28.8 Å². The molecule has 12 N–H and O–H groups in total. The highest BCUT2D eigenvalue weighted by atomic mass is 79.9. The fraction of sp³-hybridized carbons (Fsp3) is 0.325. The molecule has 0 aliphatic heterocycles. The summed E-state index contributed by atoms with van der Waals surface area (Å²) in [5, 5.41) is 14.5. The SMILES string of the molecule is C[C@H](NC(=O)[C@H](CCCN=C(N)N)NC(=O)Cc1cccc(Br)c1)C(=O)N[C@H](Cc1cccc(Cl)c1)C(=O)N[C@@H](CS)C(=O)N[C@@H](Cc1c[nH]c2ccccc12)C(N)=O. The van der Waals surface area contributed by atoms with Crippen molar-refractivity contribution in [3.8, 4) is 0 Å². The Morgan fingerprint density at radius 1 is 0.763 bits per heavy atom. The van der Waals surface area contributed by atoms with Crippen molar-refractivity contribution in [1.29, 1.82) is 0 Å². The molecule has 6 amide bonds. The van der Waals surface area contributed by atoms with E-state index in [4.69, 9.17) is 28.8 Å². The largest absolute Gasteiger partial charge is 0.370 e. The lowest BCUT2D eigenvalue weighted by Crippen LogP contribution is -2.59. The Morgan fingerprint density at radius 2 is 1.42 bits per heavy atom. The molecule has 0 spiro atoms. The first-order chi connectivity index (χ1) is 28.1. The zero-order valence-electron chi connectivity index (χ0n) is 32.2. The Bertz CT molecular complexity index is 2170. The number of aromatic amines is 1. The molecule has 0 saturated carbocycles. The van der Waals surface area contributed by atoms with Gasteiger partial charge in [0, 0.05) is 51.7 Å². The third kappa shape index (κ3) is 14.6. The van der Waals surface area contributed by atoms with Gasteiger partial charge in [0.15, 0.2) is 5.96 Å². The van der Waals surface area contributed by atoms with Crippen molar-refractivity contribution in [2.24, 2.45) is 22.2 Å². The molecule has 4 aromatic rings. The van der Waals surface area contributed by atoms with Crippen LogP contribution in [0.5, 0.6) is 0 Å². The van der Waals surface area contributed by atoms with Crippen LogP contribution in [0.15, 0.2) is 88.5 Å². The number of thiol groups is 1. The number of nitrogens with zero attached hydrogens (tertiary/aromatic N) is 1. The number of hydrogen-bond acceptors (Lipinski definition) is 8. The van der Waals surface area contributed by atoms with Crippen LogP contribution >= 0.6 is 40.2 Å². The van der Waals surface area contributed by atoms with Gasteiger partial charge in [0.2, 0.25) is 35.4 Å². The molecule has 314 valence electrons. The number of nitrogens with two attached hydrogens (primary N) is 3. The molecule has 0 fully saturated rings. The van der Waals surface area contributed by atoms with Crippen molar-refractivity contribution in [2.45, 2.75) is 69.2 Å². The standard InChI is InChI=1S/C40H48BrClN10O6S/c1-22(48-37(56)30(13-6-14-46-40(44)45)49-34(53)18-23-7-4-9-26(41)15-23)36(55)51-32(17-24-8-5-10-27(42)16-24)38(57)52-33(21-59)39(58)50-31(35(43)54)19-25-20-47-29-12-3-2-11-28(25)29/h2-5,7-12,15-16,20,22,30-33,47,59H,6,13-14,17-19,21H2,1H3,(H2,43,54)(H,48,56)(H,49,53)(H,50,58)(H,51,55)(H,52,57)(H4,44,45,46)/t22-,30-,31-,32+,33-/m0/s1. The number of carbonyl (C=O) groups excluding carboxylic acids is 6. The van der Waals surface area contributed by atoms with Crippen LogP contribution in [0.25, 0.3) is 10.9 Å². The summed E-state index contributed by atoms with van der Waals surface area (Å²) in [4.78, 5) is 87.1. The predicted octanol–water partition coefficient (Wildman–Crippen LogP) is 1.52. The topological polar surface area (TPSA) is 269 Å². The molecule has 0 aliphatic carbocycles. The average molecular weight is 912 g/mol. The molecule has 59 heavy (non-hydrogen) atoms. The predicted molar refractivity (Wildman–Crippen MR) is 233 cm³/mol. The molecular formula is C40H48BrClN10O6S. The van der Waals surface area contributed by atoms with Crippen LogP contribution in [0.2, 0.25) is 5.02 Å². The lowest BCUT2D eigenvalue weighted by Gasteiger charge is -2.26. The Morgan fingerprint density at radius 3 is 2.12 bits per heavy atom. The number of nitrogens with one attached hydrogen (secondary N) is 6. The van der Waals surface area contributed by atoms with Gasteiger partial charge in [0.25, 0.3) is 0 Å². The van der Waals surface area contributed by atoms with Gasteiger partial charge in [-0.05, 0) is 66.8 Å². The first-order valence-electron chi connectivity index (χ1n) is 18.6. The minimum Gasteiger partial charge on any atom is -0.370 e. The number of aromatic nitrogens is 1. The maximum absolute atomic E-state index is 13.9. The minimum absolute atomic E-state index is 0.00790. The average Bonchev–Trinajstić information content (AvgIpc) is 3.59. The maximum atomic E-state index is 13.9. The van der Waals surface area contributed by atoms with Crippen LogP contribution in [-0.2, 0) is 48.0 Å². The summed E-state index contributed by atoms with van der Waals surface area (Å²) in [6.07, 6.45) is 2.23. The fourth-order valence-electron chi connectivity index (χ4n) is 6.12. The molecule has 0 bridgehead atoms. The quantitative estimate of drug-likeness (QED) is 0.0253. The van der Waals surface area contributed by atoms with Gasteiger partial charge >= 0.3 is 0 Å². The van der Waals surface area contributed by atoms with Crippen LogP contribution in [-0.4, -0.2) is 88.9 Å². The second kappa shape index (κ2) is 22.5. The summed E-state index contributed by atoms with van der Waals surface area (Å²) in [5.74, 6) is -4.37. The van der Waals surface area contributed by atoms with E-state index in [-0.39, 0.29) is 43.9 Å². The van der Waals surface area contributed by atoms with E-state index >= 15 is 0 Å². The normalized spacial score (nSPS) is 13.5. The number of aliphatic imine (C=N–C) groups is 1. The number of H-pyrrole nitrogens is 1. The van der Waals surface area contributed by atoms with E-state index in [1.165, 1.54) is 6.92 Å². The molecule has 1 heterocycles. The Kier molecular flexibility index (Phi) is 17.6. The first-order valence-corrected chi connectivity index (χ1v) is 20.4. The third-order valence-electron chi connectivity index (χ3n) is 9.14. The summed E-state index contributed by atoms with van der Waals surface area (Å²) in [6.45, 7) is 1.62. The second-order valence-corrected chi connectivity index (χ2v) is 15.5. The summed E-state index contributed by atoms with van der Waals surface area (Å²) < 4.78 is 0.787. The van der Waals surface area contributed by atoms with Crippen LogP contribution in [0.1, 0.15) is 36.5 Å². The summed E-state index contributed by atoms with van der Waals surface area (Å²) >= 11 is 13.9. The molecule has 4 rings (SSSR count). The molecule has 0 radical (unpaired) electrons. The number of para-hydroxylation sites is 1. The van der Waals surface area contributed by atoms with Crippen LogP contribution in [0, 0.1) is 0 Å². The zero-order valence-corrected chi connectivity index (χ0v) is 35.4. The van der Waals surface area contributed by atoms with Crippen LogP contribution < -0.4 is 43.8 Å². The number of rotatable bonds is 21. The minimum atomic E-state index is -1.27. The third-order valence-corrected chi connectivity index (χ3v) is 10.2. The monoisotopic (exact) mass is 910 g/mol. The Labute approximate surface area is 360 Å². The first kappa shape index (κ1) is 46.1. The van der Waals surface area contributed by atoms with Crippen LogP contribution in [0.3, 0.4) is 0 Å². The number of amides is 6.